The molecular formula is C18H22N2O2S. The number of ether oxygens (including phenoxy) is 1. The maximum absolute atomic E-state index is 11.9. The minimum Gasteiger partial charge on any atom is -0.379 e. The third-order valence-electron chi connectivity index (χ3n) is 3.94. The van der Waals surface area contributed by atoms with Gasteiger partial charge in [0.25, 0.3) is 0 Å². The molecule has 0 saturated carbocycles. The van der Waals surface area contributed by atoms with Gasteiger partial charge in [0.2, 0.25) is 5.91 Å². The predicted molar refractivity (Wildman–Crippen MR) is 92.4 cm³/mol. The highest BCUT2D eigenvalue weighted by molar-refractivity contribution is 7.10. The molecule has 1 saturated heterocycles. The van der Waals surface area contributed by atoms with Crippen LogP contribution in [-0.4, -0.2) is 37.1 Å². The first kappa shape index (κ1) is 16.2. The van der Waals surface area contributed by atoms with Crippen LogP contribution in [0.5, 0.6) is 0 Å². The molecule has 0 radical (unpaired) electrons. The number of hydrogen-bond donors (Lipinski definition) is 1. The highest BCUT2D eigenvalue weighted by Crippen LogP contribution is 2.10. The molecule has 0 atom stereocenters. The second-order valence-electron chi connectivity index (χ2n) is 5.74. The normalized spacial score (nSPS) is 15.5. The molecule has 1 N–H and O–H groups in total. The Hall–Kier alpha value is -1.69. The smallest absolute Gasteiger partial charge is 0.225 e. The first-order chi connectivity index (χ1) is 11.3. The second kappa shape index (κ2) is 8.24. The molecule has 0 unspecified atom stereocenters. The number of carbonyl (C=O) groups is 1. The lowest BCUT2D eigenvalue weighted by atomic mass is 10.1. The molecule has 1 aliphatic heterocycles. The SMILES string of the molecule is O=C(Cc1cccs1)NCc1ccc(CN2CCOCC2)cc1. The third-order valence-corrected chi connectivity index (χ3v) is 4.81. The van der Waals surface area contributed by atoms with E-state index in [1.54, 1.807) is 11.3 Å². The van der Waals surface area contributed by atoms with E-state index in [2.05, 4.69) is 34.5 Å². The summed E-state index contributed by atoms with van der Waals surface area (Å²) >= 11 is 1.62. The van der Waals surface area contributed by atoms with Gasteiger partial charge >= 0.3 is 0 Å². The van der Waals surface area contributed by atoms with E-state index in [0.717, 1.165) is 43.3 Å². The van der Waals surface area contributed by atoms with E-state index >= 15 is 0 Å². The Bertz CT molecular complexity index is 604. The van der Waals surface area contributed by atoms with Crippen molar-refractivity contribution in [2.75, 3.05) is 26.3 Å². The first-order valence-corrected chi connectivity index (χ1v) is 8.84. The Morgan fingerprint density at radius 1 is 1.13 bits per heavy atom. The van der Waals surface area contributed by atoms with Crippen LogP contribution in [0, 0.1) is 0 Å². The molecule has 1 fully saturated rings. The van der Waals surface area contributed by atoms with E-state index in [0.29, 0.717) is 13.0 Å². The summed E-state index contributed by atoms with van der Waals surface area (Å²) in [6, 6.07) is 12.5. The Morgan fingerprint density at radius 2 is 1.87 bits per heavy atom. The van der Waals surface area contributed by atoms with Crippen LogP contribution >= 0.6 is 11.3 Å². The molecule has 3 rings (SSSR count). The van der Waals surface area contributed by atoms with Crippen LogP contribution in [-0.2, 0) is 29.0 Å². The van der Waals surface area contributed by atoms with E-state index in [-0.39, 0.29) is 5.91 Å². The van der Waals surface area contributed by atoms with Crippen LogP contribution in [0.2, 0.25) is 0 Å². The molecule has 122 valence electrons. The number of amides is 1. The van der Waals surface area contributed by atoms with Gasteiger partial charge in [-0.05, 0) is 22.6 Å². The van der Waals surface area contributed by atoms with Crippen molar-refractivity contribution in [1.29, 1.82) is 0 Å². The lowest BCUT2D eigenvalue weighted by Crippen LogP contribution is -2.35. The van der Waals surface area contributed by atoms with Crippen LogP contribution in [0.4, 0.5) is 0 Å². The van der Waals surface area contributed by atoms with Gasteiger partial charge in [0.15, 0.2) is 0 Å². The maximum Gasteiger partial charge on any atom is 0.225 e. The number of nitrogens with one attached hydrogen (secondary N) is 1. The lowest BCUT2D eigenvalue weighted by molar-refractivity contribution is -0.120. The molecule has 1 aromatic heterocycles. The van der Waals surface area contributed by atoms with E-state index < -0.39 is 0 Å². The molecule has 1 aliphatic rings. The molecule has 0 spiro atoms. The van der Waals surface area contributed by atoms with Crippen LogP contribution in [0.15, 0.2) is 41.8 Å². The summed E-state index contributed by atoms with van der Waals surface area (Å²) < 4.78 is 5.37. The highest BCUT2D eigenvalue weighted by Gasteiger charge is 2.10. The van der Waals surface area contributed by atoms with Crippen molar-refractivity contribution < 1.29 is 9.53 Å². The number of thiophene rings is 1. The standard InChI is InChI=1S/C18H22N2O2S/c21-18(12-17-2-1-11-23-17)19-13-15-3-5-16(6-4-15)14-20-7-9-22-10-8-20/h1-6,11H,7-10,12-14H2,(H,19,21). The van der Waals surface area contributed by atoms with E-state index in [1.165, 1.54) is 5.56 Å². The molecule has 1 amide bonds. The average molecular weight is 330 g/mol. The van der Waals surface area contributed by atoms with Gasteiger partial charge in [-0.15, -0.1) is 11.3 Å². The Kier molecular flexibility index (Phi) is 5.80. The van der Waals surface area contributed by atoms with E-state index in [1.807, 2.05) is 17.5 Å². The minimum atomic E-state index is 0.0739. The van der Waals surface area contributed by atoms with E-state index in [4.69, 9.17) is 4.74 Å². The molecule has 1 aromatic carbocycles. The van der Waals surface area contributed by atoms with Gasteiger partial charge in [0, 0.05) is 31.1 Å². The number of hydrogen-bond acceptors (Lipinski definition) is 4. The summed E-state index contributed by atoms with van der Waals surface area (Å²) in [5.41, 5.74) is 2.44. The van der Waals surface area contributed by atoms with Gasteiger partial charge in [0.05, 0.1) is 19.6 Å². The van der Waals surface area contributed by atoms with Gasteiger partial charge in [-0.2, -0.15) is 0 Å². The summed E-state index contributed by atoms with van der Waals surface area (Å²) in [4.78, 5) is 15.4. The van der Waals surface area contributed by atoms with Crippen LogP contribution in [0.25, 0.3) is 0 Å². The molecule has 2 aromatic rings. The second-order valence-corrected chi connectivity index (χ2v) is 6.77. The number of morpholine rings is 1. The average Bonchev–Trinajstić information content (AvgIpc) is 3.08. The Balaban J connectivity index is 1.44. The number of rotatable bonds is 6. The van der Waals surface area contributed by atoms with Crippen LogP contribution in [0.1, 0.15) is 16.0 Å². The Morgan fingerprint density at radius 3 is 2.57 bits per heavy atom. The summed E-state index contributed by atoms with van der Waals surface area (Å²) in [7, 11) is 0. The fourth-order valence-electron chi connectivity index (χ4n) is 2.61. The van der Waals surface area contributed by atoms with Crippen LogP contribution in [0.3, 0.4) is 0 Å². The van der Waals surface area contributed by atoms with E-state index in [9.17, 15) is 4.79 Å². The fourth-order valence-corrected chi connectivity index (χ4v) is 3.32. The zero-order valence-electron chi connectivity index (χ0n) is 13.2. The first-order valence-electron chi connectivity index (χ1n) is 7.96. The lowest BCUT2D eigenvalue weighted by Gasteiger charge is -2.26. The number of benzene rings is 1. The fraction of sp³-hybridized carbons (Fsp3) is 0.389. The zero-order valence-corrected chi connectivity index (χ0v) is 14.0. The van der Waals surface area contributed by atoms with Crippen molar-refractivity contribution in [3.8, 4) is 0 Å². The predicted octanol–water partition coefficient (Wildman–Crippen LogP) is 2.44. The van der Waals surface area contributed by atoms with Gasteiger partial charge < -0.3 is 10.1 Å². The van der Waals surface area contributed by atoms with Crippen LogP contribution < -0.4 is 5.32 Å². The van der Waals surface area contributed by atoms with Gasteiger partial charge in [0.1, 0.15) is 0 Å². The molecule has 2 heterocycles. The quantitative estimate of drug-likeness (QED) is 0.884. The van der Waals surface area contributed by atoms with Crippen molar-refractivity contribution in [3.63, 3.8) is 0 Å². The summed E-state index contributed by atoms with van der Waals surface area (Å²) in [6.45, 7) is 5.21. The summed E-state index contributed by atoms with van der Waals surface area (Å²) in [5.74, 6) is 0.0739. The molecule has 5 heteroatoms. The maximum atomic E-state index is 11.9. The zero-order chi connectivity index (χ0) is 15.9. The summed E-state index contributed by atoms with van der Waals surface area (Å²) in [5, 5.41) is 4.97. The molecule has 0 aliphatic carbocycles. The van der Waals surface area contributed by atoms with Gasteiger partial charge in [-0.1, -0.05) is 30.3 Å². The monoisotopic (exact) mass is 330 g/mol. The minimum absolute atomic E-state index is 0.0739. The molecular weight excluding hydrogens is 308 g/mol. The van der Waals surface area contributed by atoms with Crippen molar-refractivity contribution in [2.45, 2.75) is 19.5 Å². The largest absolute Gasteiger partial charge is 0.379 e. The number of carbonyl (C=O) groups excluding carboxylic acids is 1. The van der Waals surface area contributed by atoms with Crippen molar-refractivity contribution >= 4 is 17.2 Å². The topological polar surface area (TPSA) is 41.6 Å². The highest BCUT2D eigenvalue weighted by atomic mass is 32.1. The van der Waals surface area contributed by atoms with Crippen molar-refractivity contribution in [3.05, 3.63) is 57.8 Å². The van der Waals surface area contributed by atoms with Crippen molar-refractivity contribution in [1.82, 2.24) is 10.2 Å². The molecule has 0 bridgehead atoms. The van der Waals surface area contributed by atoms with Gasteiger partial charge in [-0.25, -0.2) is 0 Å². The molecule has 4 nitrogen and oxygen atoms in total. The van der Waals surface area contributed by atoms with Gasteiger partial charge in [-0.3, -0.25) is 9.69 Å². The van der Waals surface area contributed by atoms with Crippen molar-refractivity contribution in [2.24, 2.45) is 0 Å². The Labute approximate surface area is 141 Å². The summed E-state index contributed by atoms with van der Waals surface area (Å²) in [6.07, 6.45) is 0.465. The third kappa shape index (κ3) is 5.16. The number of nitrogens with zero attached hydrogens (tertiary/aromatic N) is 1. The molecule has 23 heavy (non-hydrogen) atoms.